The molecule has 2 aromatic rings. The fourth-order valence-corrected chi connectivity index (χ4v) is 5.64. The van der Waals surface area contributed by atoms with E-state index < -0.39 is 6.23 Å². The van der Waals surface area contributed by atoms with Crippen molar-refractivity contribution in [2.75, 3.05) is 28.4 Å². The summed E-state index contributed by atoms with van der Waals surface area (Å²) in [5.41, 5.74) is 9.63. The molecule has 5 atom stereocenters. The molecular weight excluding hydrogens is 450 g/mol. The number of aliphatic hydroxyl groups excluding tert-OH is 1. The first-order valence-corrected chi connectivity index (χ1v) is 11.6. The van der Waals surface area contributed by atoms with Gasteiger partial charge in [0.1, 0.15) is 12.0 Å². The monoisotopic (exact) mass is 481 g/mol. The number of ketones is 1. The number of hydrogen-bond donors (Lipinski definition) is 4. The predicted octanol–water partition coefficient (Wildman–Crippen LogP) is 2.18. The second-order valence-electron chi connectivity index (χ2n) is 9.06. The van der Waals surface area contributed by atoms with Crippen LogP contribution in [0.2, 0.25) is 0 Å². The molecule has 5 rings (SSSR count). The number of benzene rings is 2. The summed E-state index contributed by atoms with van der Waals surface area (Å²) in [5, 5.41) is 14.2. The predicted molar refractivity (Wildman–Crippen MR) is 129 cm³/mol. The molecule has 2 aliphatic heterocycles. The van der Waals surface area contributed by atoms with E-state index in [1.165, 1.54) is 0 Å². The standard InChI is InChI=1S/C26H31N3O6/c1-32-16-7-5-13(6-8-16)21-22-17(27-25-23(21)26(31)29-28-25)9-14(10-18(22)30)15-11-19(33-2)24(35-4)20(12-15)34-3/h5-8,11-12,14,21,23,25-29,31H,9-10H2,1-4H3/t14-,21-,23?,25?,26?/m1/s1. The maximum absolute atomic E-state index is 13.7. The van der Waals surface area contributed by atoms with Gasteiger partial charge in [-0.05, 0) is 47.7 Å². The van der Waals surface area contributed by atoms with Crippen molar-refractivity contribution >= 4 is 5.78 Å². The number of carbonyl (C=O) groups is 1. The topological polar surface area (TPSA) is 110 Å². The first-order chi connectivity index (χ1) is 17.0. The molecule has 0 bridgehead atoms. The third-order valence-electron chi connectivity index (χ3n) is 7.30. The van der Waals surface area contributed by atoms with Gasteiger partial charge in [-0.15, -0.1) is 0 Å². The molecule has 186 valence electrons. The van der Waals surface area contributed by atoms with E-state index in [0.29, 0.717) is 30.1 Å². The number of ether oxygens (including phenoxy) is 4. The van der Waals surface area contributed by atoms with Crippen LogP contribution < -0.4 is 35.1 Å². The highest BCUT2D eigenvalue weighted by atomic mass is 16.5. The number of rotatable bonds is 6. The summed E-state index contributed by atoms with van der Waals surface area (Å²) in [5.74, 6) is 1.89. The van der Waals surface area contributed by atoms with E-state index in [2.05, 4.69) is 16.2 Å². The van der Waals surface area contributed by atoms with E-state index in [4.69, 9.17) is 18.9 Å². The van der Waals surface area contributed by atoms with Crippen molar-refractivity contribution in [3.8, 4) is 23.0 Å². The molecule has 0 spiro atoms. The van der Waals surface area contributed by atoms with Crippen molar-refractivity contribution in [3.63, 3.8) is 0 Å². The minimum atomic E-state index is -0.797. The lowest BCUT2D eigenvalue weighted by molar-refractivity contribution is -0.117. The number of fused-ring (bicyclic) bond motifs is 1. The molecule has 2 aromatic carbocycles. The van der Waals surface area contributed by atoms with Gasteiger partial charge in [0.25, 0.3) is 0 Å². The van der Waals surface area contributed by atoms with Crippen molar-refractivity contribution in [1.29, 1.82) is 0 Å². The molecule has 0 saturated carbocycles. The van der Waals surface area contributed by atoms with Crippen LogP contribution in [0.15, 0.2) is 47.7 Å². The molecule has 1 fully saturated rings. The van der Waals surface area contributed by atoms with Crippen molar-refractivity contribution in [1.82, 2.24) is 16.2 Å². The SMILES string of the molecule is COc1ccc([C@@H]2C3=C(C[C@@H](c4cc(OC)c(OC)c(OC)c4)CC3=O)NC3NNC(O)C32)cc1. The Morgan fingerprint density at radius 3 is 2.14 bits per heavy atom. The van der Waals surface area contributed by atoms with Gasteiger partial charge < -0.3 is 29.4 Å². The number of hydrogen-bond acceptors (Lipinski definition) is 9. The zero-order valence-electron chi connectivity index (χ0n) is 20.3. The maximum atomic E-state index is 13.7. The van der Waals surface area contributed by atoms with Gasteiger partial charge in [0.2, 0.25) is 5.75 Å². The summed E-state index contributed by atoms with van der Waals surface area (Å²) in [6.45, 7) is 0. The Labute approximate surface area is 204 Å². The zero-order chi connectivity index (χ0) is 24.7. The Hall–Kier alpha value is -3.27. The Kier molecular flexibility index (Phi) is 6.31. The number of nitrogens with one attached hydrogen (secondary N) is 3. The lowest BCUT2D eigenvalue weighted by Gasteiger charge is -2.42. The molecule has 3 unspecified atom stereocenters. The fourth-order valence-electron chi connectivity index (χ4n) is 5.64. The second-order valence-corrected chi connectivity index (χ2v) is 9.06. The van der Waals surface area contributed by atoms with Gasteiger partial charge >= 0.3 is 0 Å². The largest absolute Gasteiger partial charge is 0.497 e. The van der Waals surface area contributed by atoms with E-state index in [1.54, 1.807) is 28.4 Å². The van der Waals surface area contributed by atoms with Crippen molar-refractivity contribution in [3.05, 3.63) is 58.8 Å². The highest BCUT2D eigenvalue weighted by molar-refractivity contribution is 5.99. The van der Waals surface area contributed by atoms with Gasteiger partial charge in [-0.1, -0.05) is 12.1 Å². The molecule has 0 amide bonds. The van der Waals surface area contributed by atoms with Crippen LogP contribution in [0.3, 0.4) is 0 Å². The first-order valence-electron chi connectivity index (χ1n) is 11.6. The van der Waals surface area contributed by atoms with Crippen LogP contribution in [0.25, 0.3) is 0 Å². The number of aliphatic hydroxyl groups is 1. The maximum Gasteiger partial charge on any atom is 0.203 e. The molecule has 9 heteroatoms. The molecule has 1 aliphatic carbocycles. The van der Waals surface area contributed by atoms with Gasteiger partial charge in [0, 0.05) is 29.5 Å². The van der Waals surface area contributed by atoms with Gasteiger partial charge in [-0.3, -0.25) is 4.79 Å². The van der Waals surface area contributed by atoms with Crippen LogP contribution >= 0.6 is 0 Å². The van der Waals surface area contributed by atoms with E-state index in [0.717, 1.165) is 28.1 Å². The van der Waals surface area contributed by atoms with Crippen molar-refractivity contribution < 1.29 is 28.8 Å². The summed E-state index contributed by atoms with van der Waals surface area (Å²) < 4.78 is 21.8. The van der Waals surface area contributed by atoms with Crippen LogP contribution in [0.5, 0.6) is 23.0 Å². The molecule has 35 heavy (non-hydrogen) atoms. The Bertz CT molecular complexity index is 1120. The molecule has 9 nitrogen and oxygen atoms in total. The van der Waals surface area contributed by atoms with Crippen molar-refractivity contribution in [2.45, 2.75) is 37.1 Å². The molecule has 1 saturated heterocycles. The average Bonchev–Trinajstić information content (AvgIpc) is 3.26. The minimum Gasteiger partial charge on any atom is -0.497 e. The summed E-state index contributed by atoms with van der Waals surface area (Å²) in [6.07, 6.45) is -0.0235. The highest BCUT2D eigenvalue weighted by Gasteiger charge is 2.49. The first kappa shape index (κ1) is 23.5. The molecule has 0 aromatic heterocycles. The summed E-state index contributed by atoms with van der Waals surface area (Å²) >= 11 is 0. The zero-order valence-corrected chi connectivity index (χ0v) is 20.3. The van der Waals surface area contributed by atoms with Crippen LogP contribution in [0, 0.1) is 5.92 Å². The molecule has 3 aliphatic rings. The average molecular weight is 482 g/mol. The number of carbonyl (C=O) groups excluding carboxylic acids is 1. The van der Waals surface area contributed by atoms with E-state index in [-0.39, 0.29) is 29.7 Å². The number of methoxy groups -OCH3 is 4. The Balaban J connectivity index is 1.55. The molecule has 2 heterocycles. The second kappa shape index (κ2) is 9.41. The summed E-state index contributed by atoms with van der Waals surface area (Å²) in [6, 6.07) is 11.6. The van der Waals surface area contributed by atoms with Crippen molar-refractivity contribution in [2.24, 2.45) is 5.92 Å². The third kappa shape index (κ3) is 3.99. The summed E-state index contributed by atoms with van der Waals surface area (Å²) in [7, 11) is 6.36. The number of hydrazine groups is 1. The van der Waals surface area contributed by atoms with Crippen LogP contribution in [-0.4, -0.2) is 51.7 Å². The smallest absolute Gasteiger partial charge is 0.203 e. The quantitative estimate of drug-likeness (QED) is 0.493. The van der Waals surface area contributed by atoms with E-state index in [1.807, 2.05) is 36.4 Å². The van der Waals surface area contributed by atoms with E-state index >= 15 is 0 Å². The van der Waals surface area contributed by atoms with Gasteiger partial charge in [-0.25, -0.2) is 10.9 Å². The lowest BCUT2D eigenvalue weighted by atomic mass is 9.69. The molecule has 0 radical (unpaired) electrons. The van der Waals surface area contributed by atoms with Crippen LogP contribution in [0.1, 0.15) is 35.8 Å². The Morgan fingerprint density at radius 2 is 1.54 bits per heavy atom. The molecule has 4 N–H and O–H groups in total. The number of Topliss-reactive ketones (excluding diaryl/α,β-unsaturated/α-hetero) is 1. The van der Waals surface area contributed by atoms with Gasteiger partial charge in [0.05, 0.1) is 34.6 Å². The normalized spacial score (nSPS) is 27.6. The van der Waals surface area contributed by atoms with Crippen LogP contribution in [-0.2, 0) is 4.79 Å². The van der Waals surface area contributed by atoms with Gasteiger partial charge in [-0.2, -0.15) is 0 Å². The minimum absolute atomic E-state index is 0.0604. The number of allylic oxidation sites excluding steroid dienone is 2. The Morgan fingerprint density at radius 1 is 0.857 bits per heavy atom. The molecular formula is C26H31N3O6. The van der Waals surface area contributed by atoms with Crippen LogP contribution in [0.4, 0.5) is 0 Å². The van der Waals surface area contributed by atoms with E-state index in [9.17, 15) is 9.90 Å². The lowest BCUT2D eigenvalue weighted by Crippen LogP contribution is -2.51. The summed E-state index contributed by atoms with van der Waals surface area (Å²) in [4.78, 5) is 13.7. The fraction of sp³-hybridized carbons (Fsp3) is 0.423. The highest BCUT2D eigenvalue weighted by Crippen LogP contribution is 2.49. The van der Waals surface area contributed by atoms with Gasteiger partial charge in [0.15, 0.2) is 17.3 Å². The third-order valence-corrected chi connectivity index (χ3v) is 7.30.